The second kappa shape index (κ2) is 3.87. The van der Waals surface area contributed by atoms with Crippen LogP contribution < -0.4 is 0 Å². The second-order valence-corrected chi connectivity index (χ2v) is 3.36. The summed E-state index contributed by atoms with van der Waals surface area (Å²) in [7, 11) is 0. The molecular formula is C9H19O+. The maximum atomic E-state index is 5.39. The van der Waals surface area contributed by atoms with Gasteiger partial charge in [-0.3, -0.25) is 0 Å². The van der Waals surface area contributed by atoms with Gasteiger partial charge in [0.1, 0.15) is 0 Å². The van der Waals surface area contributed by atoms with Crippen LogP contribution in [0.1, 0.15) is 34.1 Å². The van der Waals surface area contributed by atoms with Crippen LogP contribution in [0.4, 0.5) is 0 Å². The number of hydrogen-bond acceptors (Lipinski definition) is 1. The Morgan fingerprint density at radius 3 is 2.30 bits per heavy atom. The summed E-state index contributed by atoms with van der Waals surface area (Å²) in [5.41, 5.74) is 0.289. The molecule has 0 rings (SSSR count). The minimum atomic E-state index is 0.289. The van der Waals surface area contributed by atoms with E-state index in [1.807, 2.05) is 0 Å². The summed E-state index contributed by atoms with van der Waals surface area (Å²) in [5, 5.41) is 0. The SMILES string of the molecule is [CH2+]COC(C)C(C)(C)CC. The molecule has 0 aliphatic rings. The van der Waals surface area contributed by atoms with Crippen LogP contribution in [0.2, 0.25) is 0 Å². The van der Waals surface area contributed by atoms with Gasteiger partial charge in [0, 0.05) is 0 Å². The first-order chi connectivity index (χ1) is 4.54. The topological polar surface area (TPSA) is 9.23 Å². The van der Waals surface area contributed by atoms with E-state index in [0.717, 1.165) is 6.42 Å². The van der Waals surface area contributed by atoms with Crippen molar-refractivity contribution in [3.8, 4) is 0 Å². The molecule has 0 radical (unpaired) electrons. The van der Waals surface area contributed by atoms with Crippen molar-refractivity contribution in [3.05, 3.63) is 6.92 Å². The minimum absolute atomic E-state index is 0.289. The minimum Gasteiger partial charge on any atom is -0.337 e. The molecule has 0 aliphatic heterocycles. The van der Waals surface area contributed by atoms with E-state index in [2.05, 4.69) is 34.6 Å². The molecule has 0 saturated heterocycles. The zero-order valence-electron chi connectivity index (χ0n) is 7.61. The quantitative estimate of drug-likeness (QED) is 0.550. The Kier molecular flexibility index (Phi) is 3.80. The average Bonchev–Trinajstić information content (AvgIpc) is 1.89. The van der Waals surface area contributed by atoms with Crippen LogP contribution in [0.5, 0.6) is 0 Å². The summed E-state index contributed by atoms with van der Waals surface area (Å²) < 4.78 is 5.39. The lowest BCUT2D eigenvalue weighted by molar-refractivity contribution is -0.00129. The fourth-order valence-electron chi connectivity index (χ4n) is 0.690. The first-order valence-corrected chi connectivity index (χ1v) is 3.95. The van der Waals surface area contributed by atoms with Gasteiger partial charge in [-0.2, -0.15) is 0 Å². The van der Waals surface area contributed by atoms with Crippen molar-refractivity contribution in [1.29, 1.82) is 0 Å². The third-order valence-corrected chi connectivity index (χ3v) is 2.38. The predicted molar refractivity (Wildman–Crippen MR) is 44.8 cm³/mol. The van der Waals surface area contributed by atoms with E-state index in [4.69, 9.17) is 4.74 Å². The molecule has 60 valence electrons. The maximum Gasteiger partial charge on any atom is 0.184 e. The molecule has 0 heterocycles. The molecule has 1 heteroatoms. The fraction of sp³-hybridized carbons (Fsp3) is 0.889. The summed E-state index contributed by atoms with van der Waals surface area (Å²) in [4.78, 5) is 0. The standard InChI is InChI=1S/C9H19O/c1-6-9(4,5)8(3)10-7-2/h8H,2,6-7H2,1,3-5H3/q+1. The van der Waals surface area contributed by atoms with Crippen LogP contribution in [-0.2, 0) is 4.74 Å². The Hall–Kier alpha value is -0.170. The maximum absolute atomic E-state index is 5.39. The van der Waals surface area contributed by atoms with Crippen molar-refractivity contribution in [3.63, 3.8) is 0 Å². The van der Waals surface area contributed by atoms with Crippen LogP contribution in [0.15, 0.2) is 0 Å². The van der Waals surface area contributed by atoms with E-state index in [1.54, 1.807) is 0 Å². The lowest BCUT2D eigenvalue weighted by atomic mass is 9.85. The molecule has 0 aromatic heterocycles. The summed E-state index contributed by atoms with van der Waals surface area (Å²) >= 11 is 0. The van der Waals surface area contributed by atoms with Gasteiger partial charge in [-0.25, -0.2) is 0 Å². The Morgan fingerprint density at radius 1 is 1.50 bits per heavy atom. The van der Waals surface area contributed by atoms with Crippen molar-refractivity contribution < 1.29 is 4.74 Å². The van der Waals surface area contributed by atoms with Gasteiger partial charge in [-0.1, -0.05) is 20.8 Å². The third kappa shape index (κ3) is 2.61. The van der Waals surface area contributed by atoms with Crippen molar-refractivity contribution in [2.24, 2.45) is 5.41 Å². The van der Waals surface area contributed by atoms with Gasteiger partial charge in [0.15, 0.2) is 6.61 Å². The van der Waals surface area contributed by atoms with Crippen LogP contribution in [0.3, 0.4) is 0 Å². The summed E-state index contributed by atoms with van der Waals surface area (Å²) in [6, 6.07) is 0. The van der Waals surface area contributed by atoms with E-state index in [9.17, 15) is 0 Å². The van der Waals surface area contributed by atoms with Gasteiger partial charge in [0.25, 0.3) is 0 Å². The number of hydrogen-bond donors (Lipinski definition) is 0. The Balaban J connectivity index is 3.78. The zero-order chi connectivity index (χ0) is 8.20. The fourth-order valence-corrected chi connectivity index (χ4v) is 0.690. The lowest BCUT2D eigenvalue weighted by Gasteiger charge is -2.28. The summed E-state index contributed by atoms with van der Waals surface area (Å²) in [5.74, 6) is 0. The highest BCUT2D eigenvalue weighted by atomic mass is 16.5. The highest BCUT2D eigenvalue weighted by molar-refractivity contribution is 4.73. The molecule has 0 saturated carbocycles. The van der Waals surface area contributed by atoms with Crippen molar-refractivity contribution in [1.82, 2.24) is 0 Å². The van der Waals surface area contributed by atoms with Crippen molar-refractivity contribution in [2.45, 2.75) is 40.2 Å². The predicted octanol–water partition coefficient (Wildman–Crippen LogP) is 2.66. The van der Waals surface area contributed by atoms with E-state index < -0.39 is 0 Å². The van der Waals surface area contributed by atoms with Crippen LogP contribution >= 0.6 is 0 Å². The summed E-state index contributed by atoms with van der Waals surface area (Å²) in [6.07, 6.45) is 1.46. The average molecular weight is 143 g/mol. The smallest absolute Gasteiger partial charge is 0.184 e. The molecule has 0 aliphatic carbocycles. The second-order valence-electron chi connectivity index (χ2n) is 3.36. The number of ether oxygens (including phenoxy) is 1. The van der Waals surface area contributed by atoms with Gasteiger partial charge in [-0.15, -0.1) is 0 Å². The van der Waals surface area contributed by atoms with Crippen molar-refractivity contribution in [2.75, 3.05) is 6.61 Å². The molecule has 0 fully saturated rings. The molecule has 1 unspecified atom stereocenters. The molecular weight excluding hydrogens is 124 g/mol. The highest BCUT2D eigenvalue weighted by Gasteiger charge is 2.24. The van der Waals surface area contributed by atoms with Gasteiger partial charge in [-0.05, 0) is 18.8 Å². The van der Waals surface area contributed by atoms with Gasteiger partial charge in [0.05, 0.1) is 13.0 Å². The Bertz CT molecular complexity index is 86.7. The lowest BCUT2D eigenvalue weighted by Crippen LogP contribution is -2.28. The normalized spacial score (nSPS) is 15.2. The van der Waals surface area contributed by atoms with Gasteiger partial charge in [0.2, 0.25) is 0 Å². The molecule has 0 aromatic rings. The van der Waals surface area contributed by atoms with Gasteiger partial charge >= 0.3 is 0 Å². The Labute approximate surface area is 64.8 Å². The largest absolute Gasteiger partial charge is 0.337 e. The first kappa shape index (κ1) is 9.83. The Morgan fingerprint density at radius 2 is 2.00 bits per heavy atom. The molecule has 0 amide bonds. The van der Waals surface area contributed by atoms with Crippen LogP contribution in [-0.4, -0.2) is 12.7 Å². The zero-order valence-corrected chi connectivity index (χ0v) is 7.61. The summed E-state index contributed by atoms with van der Waals surface area (Å²) in [6.45, 7) is 12.9. The highest BCUT2D eigenvalue weighted by Crippen LogP contribution is 2.26. The van der Waals surface area contributed by atoms with Crippen molar-refractivity contribution >= 4 is 0 Å². The molecule has 0 N–H and O–H groups in total. The van der Waals surface area contributed by atoms with E-state index in [-0.39, 0.29) is 5.41 Å². The number of rotatable bonds is 4. The molecule has 10 heavy (non-hydrogen) atoms. The van der Waals surface area contributed by atoms with Crippen LogP contribution in [0, 0.1) is 12.3 Å². The molecule has 0 aromatic carbocycles. The first-order valence-electron chi connectivity index (χ1n) is 3.95. The van der Waals surface area contributed by atoms with E-state index in [1.165, 1.54) is 0 Å². The monoisotopic (exact) mass is 143 g/mol. The van der Waals surface area contributed by atoms with E-state index in [0.29, 0.717) is 12.7 Å². The van der Waals surface area contributed by atoms with Gasteiger partial charge < -0.3 is 4.74 Å². The van der Waals surface area contributed by atoms with E-state index >= 15 is 0 Å². The third-order valence-electron chi connectivity index (χ3n) is 2.38. The molecule has 0 bridgehead atoms. The molecule has 0 spiro atoms. The molecule has 1 nitrogen and oxygen atoms in total. The van der Waals surface area contributed by atoms with Crippen LogP contribution in [0.25, 0.3) is 0 Å². The molecule has 1 atom stereocenters.